The molecule has 1 aliphatic heterocycles. The second-order valence-corrected chi connectivity index (χ2v) is 5.02. The van der Waals surface area contributed by atoms with Crippen LogP contribution in [-0.4, -0.2) is 30.4 Å². The average Bonchev–Trinajstić information content (AvgIpc) is 2.52. The van der Waals surface area contributed by atoms with Crippen LogP contribution in [0.5, 0.6) is 0 Å². The molecule has 1 atom stereocenters. The Balaban J connectivity index is 2.08. The van der Waals surface area contributed by atoms with Crippen molar-refractivity contribution >= 4 is 29.0 Å². The minimum atomic E-state index is -0.481. The van der Waals surface area contributed by atoms with Crippen LogP contribution >= 0.6 is 0 Å². The molecule has 22 heavy (non-hydrogen) atoms. The zero-order valence-electron chi connectivity index (χ0n) is 12.7. The van der Waals surface area contributed by atoms with Crippen molar-refractivity contribution in [1.82, 2.24) is 5.43 Å². The summed E-state index contributed by atoms with van der Waals surface area (Å²) in [5.41, 5.74) is 8.04. The third-order valence-electron chi connectivity index (χ3n) is 3.27. The number of hydrogen-bond donors (Lipinski definition) is 2. The van der Waals surface area contributed by atoms with Crippen molar-refractivity contribution in [2.45, 2.75) is 20.3 Å². The van der Waals surface area contributed by atoms with Crippen LogP contribution in [-0.2, 0) is 14.3 Å². The van der Waals surface area contributed by atoms with Crippen LogP contribution < -0.4 is 10.9 Å². The quantitative estimate of drug-likeness (QED) is 0.501. The van der Waals surface area contributed by atoms with Gasteiger partial charge in [-0.15, -0.1) is 0 Å². The van der Waals surface area contributed by atoms with Crippen LogP contribution in [0.4, 0.5) is 5.69 Å². The van der Waals surface area contributed by atoms with E-state index in [4.69, 9.17) is 0 Å². The molecule has 116 valence electrons. The minimum absolute atomic E-state index is 0.0674. The largest absolute Gasteiger partial charge is 0.464 e. The fourth-order valence-electron chi connectivity index (χ4n) is 2.06. The Morgan fingerprint density at radius 1 is 1.41 bits per heavy atom. The molecule has 0 saturated carbocycles. The molecule has 1 aliphatic rings. The van der Waals surface area contributed by atoms with Gasteiger partial charge in [0.25, 0.3) is 0 Å². The molecule has 7 heteroatoms. The standard InChI is InChI=1S/C15H18N4O3/c1-9-8-13(20)18-19-14(9)11-4-6-12(7-5-11)17-16-10(2)15(21)22-3/h4-7,9,17H,8H2,1-3H3,(H,18,20). The first kappa shape index (κ1) is 15.7. The highest BCUT2D eigenvalue weighted by molar-refractivity contribution is 6.35. The van der Waals surface area contributed by atoms with Crippen molar-refractivity contribution in [3.63, 3.8) is 0 Å². The molecule has 0 bridgehead atoms. The van der Waals surface area contributed by atoms with E-state index in [-0.39, 0.29) is 17.5 Å². The topological polar surface area (TPSA) is 92.2 Å². The number of ether oxygens (including phenoxy) is 1. The van der Waals surface area contributed by atoms with Gasteiger partial charge in [0.15, 0.2) is 0 Å². The summed E-state index contributed by atoms with van der Waals surface area (Å²) in [5.74, 6) is -0.473. The monoisotopic (exact) mass is 302 g/mol. The van der Waals surface area contributed by atoms with E-state index in [1.807, 2.05) is 31.2 Å². The average molecular weight is 302 g/mol. The van der Waals surface area contributed by atoms with Gasteiger partial charge in [0, 0.05) is 12.3 Å². The number of hydrogen-bond acceptors (Lipinski definition) is 6. The summed E-state index contributed by atoms with van der Waals surface area (Å²) < 4.78 is 4.56. The first-order chi connectivity index (χ1) is 10.5. The molecular formula is C15H18N4O3. The minimum Gasteiger partial charge on any atom is -0.464 e. The van der Waals surface area contributed by atoms with Crippen LogP contribution in [0.25, 0.3) is 0 Å². The normalized spacial score (nSPS) is 18.3. The van der Waals surface area contributed by atoms with Crippen LogP contribution in [0.3, 0.4) is 0 Å². The van der Waals surface area contributed by atoms with E-state index in [0.717, 1.165) is 17.0 Å². The Labute approximate surface area is 128 Å². The number of hydrazone groups is 2. The molecule has 0 radical (unpaired) electrons. The Kier molecular flexibility index (Phi) is 4.88. The smallest absolute Gasteiger partial charge is 0.353 e. The van der Waals surface area contributed by atoms with E-state index in [2.05, 4.69) is 25.8 Å². The van der Waals surface area contributed by atoms with Gasteiger partial charge in [0.1, 0.15) is 5.71 Å². The van der Waals surface area contributed by atoms with E-state index in [1.165, 1.54) is 7.11 Å². The van der Waals surface area contributed by atoms with Gasteiger partial charge in [-0.25, -0.2) is 10.2 Å². The van der Waals surface area contributed by atoms with Gasteiger partial charge in [-0.05, 0) is 24.6 Å². The van der Waals surface area contributed by atoms with Crippen molar-refractivity contribution in [2.75, 3.05) is 12.5 Å². The van der Waals surface area contributed by atoms with E-state index in [1.54, 1.807) is 6.92 Å². The Hall–Kier alpha value is -2.70. The summed E-state index contributed by atoms with van der Waals surface area (Å²) in [7, 11) is 1.31. The van der Waals surface area contributed by atoms with Gasteiger partial charge >= 0.3 is 5.97 Å². The van der Waals surface area contributed by atoms with Gasteiger partial charge in [0.2, 0.25) is 5.91 Å². The third kappa shape index (κ3) is 3.69. The number of methoxy groups -OCH3 is 1. The van der Waals surface area contributed by atoms with Crippen LogP contribution in [0, 0.1) is 5.92 Å². The lowest BCUT2D eigenvalue weighted by Gasteiger charge is -2.19. The van der Waals surface area contributed by atoms with E-state index >= 15 is 0 Å². The number of rotatable bonds is 4. The highest BCUT2D eigenvalue weighted by atomic mass is 16.5. The van der Waals surface area contributed by atoms with Gasteiger partial charge in [-0.2, -0.15) is 10.2 Å². The fraction of sp³-hybridized carbons (Fsp3) is 0.333. The molecule has 1 aromatic rings. The third-order valence-corrected chi connectivity index (χ3v) is 3.27. The van der Waals surface area contributed by atoms with Crippen LogP contribution in [0.15, 0.2) is 34.5 Å². The first-order valence-electron chi connectivity index (χ1n) is 6.86. The second-order valence-electron chi connectivity index (χ2n) is 5.02. The Morgan fingerprint density at radius 2 is 2.09 bits per heavy atom. The zero-order chi connectivity index (χ0) is 16.1. The van der Waals surface area contributed by atoms with Crippen molar-refractivity contribution in [3.05, 3.63) is 29.8 Å². The van der Waals surface area contributed by atoms with Crippen molar-refractivity contribution in [1.29, 1.82) is 0 Å². The lowest BCUT2D eigenvalue weighted by Crippen LogP contribution is -2.31. The molecule has 0 saturated heterocycles. The van der Waals surface area contributed by atoms with Crippen molar-refractivity contribution in [2.24, 2.45) is 16.1 Å². The fourth-order valence-corrected chi connectivity index (χ4v) is 2.06. The number of esters is 1. The van der Waals surface area contributed by atoms with Crippen LogP contribution in [0.2, 0.25) is 0 Å². The summed E-state index contributed by atoms with van der Waals surface area (Å²) in [6.07, 6.45) is 0.432. The van der Waals surface area contributed by atoms with Gasteiger partial charge in [0.05, 0.1) is 18.5 Å². The summed E-state index contributed by atoms with van der Waals surface area (Å²) in [6.45, 7) is 3.53. The summed E-state index contributed by atoms with van der Waals surface area (Å²) in [4.78, 5) is 22.5. The number of amides is 1. The van der Waals surface area contributed by atoms with E-state index in [9.17, 15) is 9.59 Å². The molecule has 2 N–H and O–H groups in total. The molecule has 7 nitrogen and oxygen atoms in total. The lowest BCUT2D eigenvalue weighted by molar-refractivity contribution is -0.132. The predicted octanol–water partition coefficient (Wildman–Crippen LogP) is 1.51. The number of benzene rings is 1. The molecule has 0 aliphatic carbocycles. The summed E-state index contributed by atoms with van der Waals surface area (Å²) in [5, 5.41) is 8.04. The van der Waals surface area contributed by atoms with Gasteiger partial charge in [-0.1, -0.05) is 19.1 Å². The number of carbonyl (C=O) groups is 2. The highest BCUT2D eigenvalue weighted by Crippen LogP contribution is 2.18. The Bertz CT molecular complexity index is 635. The molecular weight excluding hydrogens is 284 g/mol. The summed E-state index contributed by atoms with van der Waals surface area (Å²) >= 11 is 0. The summed E-state index contributed by atoms with van der Waals surface area (Å²) in [6, 6.07) is 7.43. The number of carbonyl (C=O) groups excluding carboxylic acids is 2. The predicted molar refractivity (Wildman–Crippen MR) is 83.7 cm³/mol. The maximum absolute atomic E-state index is 11.3. The highest BCUT2D eigenvalue weighted by Gasteiger charge is 2.21. The molecule has 1 heterocycles. The van der Waals surface area contributed by atoms with Crippen LogP contribution in [0.1, 0.15) is 25.8 Å². The number of nitrogens with one attached hydrogen (secondary N) is 2. The van der Waals surface area contributed by atoms with Gasteiger partial charge in [-0.3, -0.25) is 10.2 Å². The second kappa shape index (κ2) is 6.84. The van der Waals surface area contributed by atoms with Gasteiger partial charge < -0.3 is 4.74 Å². The molecule has 2 rings (SSSR count). The lowest BCUT2D eigenvalue weighted by atomic mass is 9.94. The first-order valence-corrected chi connectivity index (χ1v) is 6.86. The van der Waals surface area contributed by atoms with Crippen molar-refractivity contribution < 1.29 is 14.3 Å². The SMILES string of the molecule is COC(=O)C(C)=NNc1ccc(C2=NNC(=O)CC2C)cc1. The zero-order valence-corrected chi connectivity index (χ0v) is 12.7. The van der Waals surface area contributed by atoms with E-state index < -0.39 is 5.97 Å². The molecule has 0 fully saturated rings. The number of anilines is 1. The van der Waals surface area contributed by atoms with E-state index in [0.29, 0.717) is 6.42 Å². The molecule has 1 aromatic carbocycles. The molecule has 1 unspecified atom stereocenters. The molecule has 0 spiro atoms. The van der Waals surface area contributed by atoms with Crippen molar-refractivity contribution in [3.8, 4) is 0 Å². The number of nitrogens with zero attached hydrogens (tertiary/aromatic N) is 2. The molecule has 1 amide bonds. The maximum Gasteiger partial charge on any atom is 0.353 e. The molecule has 0 aromatic heterocycles. The maximum atomic E-state index is 11.3. The Morgan fingerprint density at radius 3 is 2.68 bits per heavy atom.